The van der Waals surface area contributed by atoms with E-state index in [4.69, 9.17) is 0 Å². The van der Waals surface area contributed by atoms with Crippen molar-refractivity contribution >= 4 is 0 Å². The van der Waals surface area contributed by atoms with E-state index in [1.165, 1.54) is 18.9 Å². The molecule has 0 aromatic heterocycles. The van der Waals surface area contributed by atoms with Gasteiger partial charge in [0.05, 0.1) is 0 Å². The fraction of sp³-hybridized carbons (Fsp3) is 0.684. The first-order valence-corrected chi connectivity index (χ1v) is 8.21. The molecular formula is C19H32FN. The standard InChI is InChI=1S/C19H32FN/c1-15(2)13-21-14-17(9-10-19(3,4)5)11-16-7-6-8-18(20)12-16/h6-8,12,15,17,21H,9-11,13-14H2,1-5H3. The minimum atomic E-state index is -0.128. The predicted octanol–water partition coefficient (Wildman–Crippen LogP) is 5.06. The Kier molecular flexibility index (Phi) is 7.37. The smallest absolute Gasteiger partial charge is 0.123 e. The molecule has 0 spiro atoms. The molecule has 0 bridgehead atoms. The Morgan fingerprint density at radius 1 is 1.14 bits per heavy atom. The molecule has 1 atom stereocenters. The summed E-state index contributed by atoms with van der Waals surface area (Å²) in [4.78, 5) is 0. The van der Waals surface area contributed by atoms with Gasteiger partial charge < -0.3 is 5.32 Å². The van der Waals surface area contributed by atoms with Crippen LogP contribution in [-0.4, -0.2) is 13.1 Å². The van der Waals surface area contributed by atoms with Crippen LogP contribution >= 0.6 is 0 Å². The van der Waals surface area contributed by atoms with E-state index in [9.17, 15) is 4.39 Å². The number of hydrogen-bond donors (Lipinski definition) is 1. The molecule has 120 valence electrons. The molecule has 21 heavy (non-hydrogen) atoms. The summed E-state index contributed by atoms with van der Waals surface area (Å²) in [6, 6.07) is 7.04. The van der Waals surface area contributed by atoms with Gasteiger partial charge in [0.1, 0.15) is 5.82 Å². The highest BCUT2D eigenvalue weighted by atomic mass is 19.1. The number of nitrogens with one attached hydrogen (secondary N) is 1. The van der Waals surface area contributed by atoms with E-state index in [0.29, 0.717) is 17.3 Å². The third-order valence-corrected chi connectivity index (χ3v) is 3.70. The number of rotatable bonds is 8. The number of hydrogen-bond acceptors (Lipinski definition) is 1. The van der Waals surface area contributed by atoms with Gasteiger partial charge >= 0.3 is 0 Å². The van der Waals surface area contributed by atoms with Gasteiger partial charge in [0, 0.05) is 0 Å². The van der Waals surface area contributed by atoms with Crippen molar-refractivity contribution in [2.75, 3.05) is 13.1 Å². The van der Waals surface area contributed by atoms with Crippen molar-refractivity contribution in [3.05, 3.63) is 35.6 Å². The van der Waals surface area contributed by atoms with E-state index in [0.717, 1.165) is 25.1 Å². The average Bonchev–Trinajstić information content (AvgIpc) is 2.34. The SMILES string of the molecule is CC(C)CNCC(CCC(C)(C)C)Cc1cccc(F)c1. The molecule has 0 radical (unpaired) electrons. The molecule has 0 fully saturated rings. The normalized spacial score (nSPS) is 13.7. The van der Waals surface area contributed by atoms with Crippen molar-refractivity contribution in [2.45, 2.75) is 53.9 Å². The molecule has 0 amide bonds. The van der Waals surface area contributed by atoms with Crippen molar-refractivity contribution < 1.29 is 4.39 Å². The van der Waals surface area contributed by atoms with Gasteiger partial charge in [-0.3, -0.25) is 0 Å². The monoisotopic (exact) mass is 293 g/mol. The molecule has 1 N–H and O–H groups in total. The first-order valence-electron chi connectivity index (χ1n) is 8.21. The first kappa shape index (κ1) is 18.2. The van der Waals surface area contributed by atoms with E-state index < -0.39 is 0 Å². The zero-order chi connectivity index (χ0) is 15.9. The molecule has 2 heteroatoms. The van der Waals surface area contributed by atoms with Crippen LogP contribution < -0.4 is 5.32 Å². The van der Waals surface area contributed by atoms with Crippen molar-refractivity contribution in [2.24, 2.45) is 17.3 Å². The van der Waals surface area contributed by atoms with Crippen LogP contribution in [0.5, 0.6) is 0 Å². The Labute approximate surface area is 130 Å². The third-order valence-electron chi connectivity index (χ3n) is 3.70. The maximum atomic E-state index is 13.3. The largest absolute Gasteiger partial charge is 0.316 e. The van der Waals surface area contributed by atoms with Crippen LogP contribution in [0, 0.1) is 23.1 Å². The molecule has 0 heterocycles. The lowest BCUT2D eigenvalue weighted by atomic mass is 9.84. The maximum Gasteiger partial charge on any atom is 0.123 e. The van der Waals surface area contributed by atoms with Gasteiger partial charge in [-0.1, -0.05) is 46.8 Å². The van der Waals surface area contributed by atoms with Crippen LogP contribution in [0.15, 0.2) is 24.3 Å². The quantitative estimate of drug-likeness (QED) is 0.706. The van der Waals surface area contributed by atoms with E-state index in [1.807, 2.05) is 12.1 Å². The van der Waals surface area contributed by atoms with Crippen molar-refractivity contribution in [1.29, 1.82) is 0 Å². The van der Waals surface area contributed by atoms with Gasteiger partial charge in [-0.2, -0.15) is 0 Å². The molecule has 0 aliphatic heterocycles. The molecule has 1 aromatic rings. The minimum Gasteiger partial charge on any atom is -0.316 e. The topological polar surface area (TPSA) is 12.0 Å². The molecule has 0 aliphatic carbocycles. The highest BCUT2D eigenvalue weighted by Crippen LogP contribution is 2.25. The van der Waals surface area contributed by atoms with Gasteiger partial charge in [0.25, 0.3) is 0 Å². The predicted molar refractivity (Wildman–Crippen MR) is 90.0 cm³/mol. The molecular weight excluding hydrogens is 261 g/mol. The molecule has 0 aliphatic rings. The summed E-state index contributed by atoms with van der Waals surface area (Å²) in [5, 5.41) is 3.56. The summed E-state index contributed by atoms with van der Waals surface area (Å²) in [6.07, 6.45) is 3.35. The molecule has 1 rings (SSSR count). The van der Waals surface area contributed by atoms with Gasteiger partial charge in [0.2, 0.25) is 0 Å². The van der Waals surface area contributed by atoms with E-state index in [1.54, 1.807) is 6.07 Å². The molecule has 1 unspecified atom stereocenters. The Bertz CT molecular complexity index is 406. The summed E-state index contributed by atoms with van der Waals surface area (Å²) in [6.45, 7) is 13.4. The molecule has 0 saturated heterocycles. The van der Waals surface area contributed by atoms with Gasteiger partial charge in [-0.25, -0.2) is 4.39 Å². The Balaban J connectivity index is 2.57. The average molecular weight is 293 g/mol. The second kappa shape index (κ2) is 8.53. The molecule has 1 nitrogen and oxygen atoms in total. The van der Waals surface area contributed by atoms with Crippen molar-refractivity contribution in [3.8, 4) is 0 Å². The van der Waals surface area contributed by atoms with Gasteiger partial charge in [-0.15, -0.1) is 0 Å². The summed E-state index contributed by atoms with van der Waals surface area (Å²) >= 11 is 0. The van der Waals surface area contributed by atoms with Crippen LogP contribution in [0.25, 0.3) is 0 Å². The molecule has 0 saturated carbocycles. The van der Waals surface area contributed by atoms with E-state index >= 15 is 0 Å². The van der Waals surface area contributed by atoms with Gasteiger partial charge in [0.15, 0.2) is 0 Å². The fourth-order valence-electron chi connectivity index (χ4n) is 2.49. The number of benzene rings is 1. The van der Waals surface area contributed by atoms with Crippen LogP contribution in [0.4, 0.5) is 4.39 Å². The van der Waals surface area contributed by atoms with E-state index in [-0.39, 0.29) is 5.82 Å². The lowest BCUT2D eigenvalue weighted by Crippen LogP contribution is -2.28. The van der Waals surface area contributed by atoms with E-state index in [2.05, 4.69) is 39.9 Å². The Morgan fingerprint density at radius 2 is 1.86 bits per heavy atom. The van der Waals surface area contributed by atoms with Crippen molar-refractivity contribution in [3.63, 3.8) is 0 Å². The minimum absolute atomic E-state index is 0.128. The highest BCUT2D eigenvalue weighted by Gasteiger charge is 2.16. The van der Waals surface area contributed by atoms with Crippen LogP contribution in [-0.2, 0) is 6.42 Å². The van der Waals surface area contributed by atoms with Crippen LogP contribution in [0.1, 0.15) is 53.0 Å². The lowest BCUT2D eigenvalue weighted by molar-refractivity contribution is 0.311. The zero-order valence-electron chi connectivity index (χ0n) is 14.4. The first-order chi connectivity index (χ1) is 9.76. The summed E-state index contributed by atoms with van der Waals surface area (Å²) in [5.74, 6) is 1.12. The Morgan fingerprint density at radius 3 is 2.43 bits per heavy atom. The lowest BCUT2D eigenvalue weighted by Gasteiger charge is -2.24. The summed E-state index contributed by atoms with van der Waals surface area (Å²) in [5.41, 5.74) is 1.47. The zero-order valence-corrected chi connectivity index (χ0v) is 14.4. The Hall–Kier alpha value is -0.890. The second-order valence-corrected chi connectivity index (χ2v) is 7.85. The van der Waals surface area contributed by atoms with Crippen LogP contribution in [0.3, 0.4) is 0 Å². The second-order valence-electron chi connectivity index (χ2n) is 7.85. The third kappa shape index (κ3) is 8.87. The highest BCUT2D eigenvalue weighted by molar-refractivity contribution is 5.16. The van der Waals surface area contributed by atoms with Crippen molar-refractivity contribution in [1.82, 2.24) is 5.32 Å². The van der Waals surface area contributed by atoms with Crippen LogP contribution in [0.2, 0.25) is 0 Å². The maximum absolute atomic E-state index is 13.3. The summed E-state index contributed by atoms with van der Waals surface area (Å²) in [7, 11) is 0. The number of halogens is 1. The fourth-order valence-corrected chi connectivity index (χ4v) is 2.49. The summed E-state index contributed by atoms with van der Waals surface area (Å²) < 4.78 is 13.3. The van der Waals surface area contributed by atoms with Gasteiger partial charge in [-0.05, 0) is 67.3 Å². The molecule has 1 aromatic carbocycles.